The van der Waals surface area contributed by atoms with Crippen LogP contribution in [0, 0.1) is 20.8 Å². The number of Topliss-reactive ketones (excluding diaryl/α,β-unsaturated/α-hetero) is 1. The predicted octanol–water partition coefficient (Wildman–Crippen LogP) is 6.99. The Morgan fingerprint density at radius 2 is 2.03 bits per heavy atom. The molecule has 0 bridgehead atoms. The van der Waals surface area contributed by atoms with E-state index < -0.39 is 24.3 Å². The third kappa shape index (κ3) is 5.02. The Bertz CT molecular complexity index is 1510. The average Bonchev–Trinajstić information content (AvgIpc) is 3.67. The normalized spacial score (nSPS) is 15.9. The number of aromatic nitrogens is 2. The molecule has 1 fully saturated rings. The Morgan fingerprint density at radius 3 is 2.68 bits per heavy atom. The summed E-state index contributed by atoms with van der Waals surface area (Å²) in [5, 5.41) is 1.63. The molecule has 0 spiro atoms. The molecule has 0 N–H and O–H groups in total. The van der Waals surface area contributed by atoms with Crippen LogP contribution in [0.5, 0.6) is 0 Å². The van der Waals surface area contributed by atoms with Crippen LogP contribution in [-0.4, -0.2) is 40.6 Å². The smallest absolute Gasteiger partial charge is 0.417 e. The number of carbonyl (C=O) groups excluding carboxylic acids is 2. The van der Waals surface area contributed by atoms with Gasteiger partial charge in [-0.15, -0.1) is 22.7 Å². The van der Waals surface area contributed by atoms with E-state index in [4.69, 9.17) is 9.47 Å². The molecule has 1 aliphatic heterocycles. The predicted molar refractivity (Wildman–Crippen MR) is 140 cm³/mol. The molecule has 1 saturated heterocycles. The lowest BCUT2D eigenvalue weighted by Gasteiger charge is -2.14. The maximum Gasteiger partial charge on any atom is 0.417 e. The standard InChI is InChI=1S/C27H25F3N2O4S2/c1-14-10-18(16(3)32(14)12-17-6-4-8-35-17)21(33)13-36-26(34)24-15(2)23-19(27(28,29)30)11-20(31-25(23)38-24)22-7-5-9-37-22/h5,7,9-11,17H,4,6,8,12-13H2,1-3H3/t17-/m1/s1. The van der Waals surface area contributed by atoms with Gasteiger partial charge in [-0.05, 0) is 62.8 Å². The van der Waals surface area contributed by atoms with Crippen molar-refractivity contribution in [2.75, 3.05) is 13.2 Å². The van der Waals surface area contributed by atoms with Crippen molar-refractivity contribution < 1.29 is 32.2 Å². The summed E-state index contributed by atoms with van der Waals surface area (Å²) in [7, 11) is 0. The van der Waals surface area contributed by atoms with Gasteiger partial charge in [0.05, 0.1) is 22.2 Å². The number of ether oxygens (including phenoxy) is 2. The quantitative estimate of drug-likeness (QED) is 0.179. The zero-order valence-electron chi connectivity index (χ0n) is 21.0. The van der Waals surface area contributed by atoms with Crippen molar-refractivity contribution in [2.24, 2.45) is 0 Å². The number of aryl methyl sites for hydroxylation is 2. The van der Waals surface area contributed by atoms with E-state index in [-0.39, 0.29) is 38.2 Å². The minimum atomic E-state index is -4.64. The largest absolute Gasteiger partial charge is 0.453 e. The second kappa shape index (κ2) is 10.3. The topological polar surface area (TPSA) is 70.4 Å². The molecule has 6 nitrogen and oxygen atoms in total. The fourth-order valence-electron chi connectivity index (χ4n) is 4.84. The molecule has 0 unspecified atom stereocenters. The summed E-state index contributed by atoms with van der Waals surface area (Å²) >= 11 is 2.12. The van der Waals surface area contributed by atoms with E-state index in [0.717, 1.165) is 48.2 Å². The van der Waals surface area contributed by atoms with Crippen LogP contribution >= 0.6 is 22.7 Å². The third-order valence-corrected chi connectivity index (χ3v) is 8.84. The number of hydrogen-bond acceptors (Lipinski definition) is 7. The fraction of sp³-hybridized carbons (Fsp3) is 0.370. The van der Waals surface area contributed by atoms with Gasteiger partial charge in [-0.25, -0.2) is 9.78 Å². The maximum absolute atomic E-state index is 14.0. The summed E-state index contributed by atoms with van der Waals surface area (Å²) in [6.45, 7) is 6.05. The SMILES string of the molecule is Cc1c(C(=O)OCC(=O)c2cc(C)n(C[C@H]3CCCO3)c2C)sc2nc(-c3cccs3)cc(C(F)(F)F)c12. The summed E-state index contributed by atoms with van der Waals surface area (Å²) in [6.07, 6.45) is -2.56. The molecule has 38 heavy (non-hydrogen) atoms. The first-order valence-electron chi connectivity index (χ1n) is 12.1. The number of rotatable bonds is 7. The van der Waals surface area contributed by atoms with Gasteiger partial charge in [0, 0.05) is 35.5 Å². The molecule has 0 aromatic carbocycles. The Morgan fingerprint density at radius 1 is 1.24 bits per heavy atom. The number of pyridine rings is 1. The molecule has 5 rings (SSSR count). The Kier molecular flexibility index (Phi) is 7.19. The van der Waals surface area contributed by atoms with E-state index >= 15 is 0 Å². The van der Waals surface area contributed by atoms with E-state index in [0.29, 0.717) is 17.0 Å². The van der Waals surface area contributed by atoms with Crippen molar-refractivity contribution in [3.63, 3.8) is 0 Å². The molecule has 0 saturated carbocycles. The molecular weight excluding hydrogens is 537 g/mol. The zero-order valence-corrected chi connectivity index (χ0v) is 22.6. The molecule has 11 heteroatoms. The van der Waals surface area contributed by atoms with Gasteiger partial charge in [-0.2, -0.15) is 13.2 Å². The van der Waals surface area contributed by atoms with E-state index in [1.165, 1.54) is 18.3 Å². The summed E-state index contributed by atoms with van der Waals surface area (Å²) < 4.78 is 55.0. The highest BCUT2D eigenvalue weighted by Crippen LogP contribution is 2.42. The highest BCUT2D eigenvalue weighted by Gasteiger charge is 2.36. The van der Waals surface area contributed by atoms with Crippen molar-refractivity contribution in [2.45, 2.75) is 52.4 Å². The Balaban J connectivity index is 1.38. The molecule has 200 valence electrons. The van der Waals surface area contributed by atoms with E-state index in [9.17, 15) is 22.8 Å². The first kappa shape index (κ1) is 26.6. The molecule has 1 aliphatic rings. The molecule has 4 aromatic rings. The molecule has 0 radical (unpaired) electrons. The minimum absolute atomic E-state index is 0.00187. The number of fused-ring (bicyclic) bond motifs is 1. The number of alkyl halides is 3. The van der Waals surface area contributed by atoms with Gasteiger partial charge in [0.15, 0.2) is 6.61 Å². The fourth-order valence-corrected chi connectivity index (χ4v) is 6.63. The zero-order chi connectivity index (χ0) is 27.2. The number of nitrogens with zero attached hydrogens (tertiary/aromatic N) is 2. The van der Waals surface area contributed by atoms with E-state index in [1.54, 1.807) is 23.6 Å². The molecule has 1 atom stereocenters. The second-order valence-corrected chi connectivity index (χ2v) is 11.2. The van der Waals surface area contributed by atoms with Gasteiger partial charge in [-0.1, -0.05) is 6.07 Å². The number of ketones is 1. The van der Waals surface area contributed by atoms with Gasteiger partial charge in [-0.3, -0.25) is 4.79 Å². The van der Waals surface area contributed by atoms with Gasteiger partial charge in [0.2, 0.25) is 5.78 Å². The van der Waals surface area contributed by atoms with Gasteiger partial charge in [0.1, 0.15) is 9.71 Å². The number of esters is 1. The van der Waals surface area contributed by atoms with Crippen LogP contribution < -0.4 is 0 Å². The van der Waals surface area contributed by atoms with Crippen molar-refractivity contribution >= 4 is 44.6 Å². The lowest BCUT2D eigenvalue weighted by Crippen LogP contribution is -2.18. The van der Waals surface area contributed by atoms with Crippen LogP contribution in [0.25, 0.3) is 20.8 Å². The maximum atomic E-state index is 14.0. The lowest BCUT2D eigenvalue weighted by molar-refractivity contribution is -0.136. The number of carbonyl (C=O) groups is 2. The van der Waals surface area contributed by atoms with Crippen LogP contribution in [0.4, 0.5) is 13.2 Å². The van der Waals surface area contributed by atoms with E-state index in [1.807, 2.05) is 18.4 Å². The van der Waals surface area contributed by atoms with Crippen LogP contribution in [0.2, 0.25) is 0 Å². The Hall–Kier alpha value is -3.02. The average molecular weight is 563 g/mol. The number of thiophene rings is 2. The molecule has 4 aromatic heterocycles. The highest BCUT2D eigenvalue weighted by atomic mass is 32.1. The monoisotopic (exact) mass is 562 g/mol. The molecule has 0 amide bonds. The summed E-state index contributed by atoms with van der Waals surface area (Å²) in [5.74, 6) is -1.23. The summed E-state index contributed by atoms with van der Waals surface area (Å²) in [5.41, 5.74) is 1.58. The third-order valence-electron chi connectivity index (χ3n) is 6.78. The van der Waals surface area contributed by atoms with Crippen LogP contribution in [0.15, 0.2) is 29.6 Å². The van der Waals surface area contributed by atoms with Crippen LogP contribution in [0.3, 0.4) is 0 Å². The van der Waals surface area contributed by atoms with Crippen molar-refractivity contribution in [1.29, 1.82) is 0 Å². The number of halogens is 3. The summed E-state index contributed by atoms with van der Waals surface area (Å²) in [4.78, 5) is 31.0. The van der Waals surface area contributed by atoms with Crippen molar-refractivity contribution in [3.05, 3.63) is 62.6 Å². The lowest BCUT2D eigenvalue weighted by atomic mass is 10.1. The van der Waals surface area contributed by atoms with E-state index in [2.05, 4.69) is 4.98 Å². The summed E-state index contributed by atoms with van der Waals surface area (Å²) in [6, 6.07) is 6.20. The molecular formula is C27H25F3N2O4S2. The second-order valence-electron chi connectivity index (χ2n) is 9.30. The first-order chi connectivity index (χ1) is 18.0. The van der Waals surface area contributed by atoms with Crippen LogP contribution in [0.1, 0.15) is 55.4 Å². The van der Waals surface area contributed by atoms with Gasteiger partial charge < -0.3 is 14.0 Å². The molecule has 5 heterocycles. The van der Waals surface area contributed by atoms with Crippen LogP contribution in [-0.2, 0) is 22.2 Å². The Labute approximate surface area is 225 Å². The van der Waals surface area contributed by atoms with Gasteiger partial charge >= 0.3 is 12.1 Å². The van der Waals surface area contributed by atoms with Crippen molar-refractivity contribution in [3.8, 4) is 10.6 Å². The highest BCUT2D eigenvalue weighted by molar-refractivity contribution is 7.20. The first-order valence-corrected chi connectivity index (χ1v) is 13.8. The number of hydrogen-bond donors (Lipinski definition) is 0. The minimum Gasteiger partial charge on any atom is -0.453 e. The van der Waals surface area contributed by atoms with Gasteiger partial charge in [0.25, 0.3) is 0 Å². The molecule has 0 aliphatic carbocycles. The van der Waals surface area contributed by atoms with Crippen molar-refractivity contribution in [1.82, 2.24) is 9.55 Å².